The highest BCUT2D eigenvalue weighted by atomic mass is 16.4. The predicted molar refractivity (Wildman–Crippen MR) is 75.5 cm³/mol. The van der Waals surface area contributed by atoms with Gasteiger partial charge in [-0.05, 0) is 38.1 Å². The number of aliphatic hydroxyl groups is 1. The van der Waals surface area contributed by atoms with Gasteiger partial charge in [-0.25, -0.2) is 0 Å². The summed E-state index contributed by atoms with van der Waals surface area (Å²) in [6.07, 6.45) is 0. The van der Waals surface area contributed by atoms with Crippen molar-refractivity contribution in [2.24, 2.45) is 0 Å². The SMILES string of the molecule is Cc1ccc(C(C)(O)CNc2nc3ccccc3o2)o1. The van der Waals surface area contributed by atoms with Gasteiger partial charge in [0.1, 0.15) is 22.6 Å². The fraction of sp³-hybridized carbons (Fsp3) is 0.267. The standard InChI is InChI=1S/C15H16N2O3/c1-10-7-8-13(19-10)15(2,18)9-16-14-17-11-5-3-4-6-12(11)20-14/h3-8,18H,9H2,1-2H3,(H,16,17). The van der Waals surface area contributed by atoms with E-state index in [0.717, 1.165) is 11.3 Å². The summed E-state index contributed by atoms with van der Waals surface area (Å²) >= 11 is 0. The zero-order chi connectivity index (χ0) is 14.2. The third-order valence-electron chi connectivity index (χ3n) is 3.15. The van der Waals surface area contributed by atoms with Gasteiger partial charge in [0.2, 0.25) is 0 Å². The Morgan fingerprint density at radius 3 is 2.70 bits per heavy atom. The number of para-hydroxylation sites is 2. The van der Waals surface area contributed by atoms with Crippen molar-refractivity contribution < 1.29 is 13.9 Å². The number of nitrogens with one attached hydrogen (secondary N) is 1. The lowest BCUT2D eigenvalue weighted by molar-refractivity contribution is 0.0463. The maximum atomic E-state index is 10.4. The zero-order valence-corrected chi connectivity index (χ0v) is 11.4. The minimum absolute atomic E-state index is 0.243. The predicted octanol–water partition coefficient (Wildman–Crippen LogP) is 3.05. The molecule has 2 aromatic heterocycles. The van der Waals surface area contributed by atoms with Crippen LogP contribution in [0.3, 0.4) is 0 Å². The van der Waals surface area contributed by atoms with Crippen molar-refractivity contribution >= 4 is 17.1 Å². The molecule has 1 atom stereocenters. The van der Waals surface area contributed by atoms with Crippen LogP contribution in [-0.2, 0) is 5.60 Å². The molecule has 0 radical (unpaired) electrons. The molecule has 20 heavy (non-hydrogen) atoms. The maximum Gasteiger partial charge on any atom is 0.295 e. The number of aryl methyl sites for hydroxylation is 1. The van der Waals surface area contributed by atoms with Gasteiger partial charge >= 0.3 is 0 Å². The Bertz CT molecular complexity index is 694. The minimum atomic E-state index is -1.13. The van der Waals surface area contributed by atoms with Gasteiger partial charge in [-0.2, -0.15) is 4.98 Å². The van der Waals surface area contributed by atoms with Crippen LogP contribution in [0, 0.1) is 6.92 Å². The second kappa shape index (κ2) is 4.68. The Morgan fingerprint density at radius 1 is 1.20 bits per heavy atom. The molecule has 0 bridgehead atoms. The molecule has 1 unspecified atom stereocenters. The molecule has 0 saturated carbocycles. The number of benzene rings is 1. The number of hydrogen-bond acceptors (Lipinski definition) is 5. The molecule has 0 fully saturated rings. The highest BCUT2D eigenvalue weighted by Crippen LogP contribution is 2.24. The third-order valence-corrected chi connectivity index (χ3v) is 3.15. The fourth-order valence-electron chi connectivity index (χ4n) is 2.01. The highest BCUT2D eigenvalue weighted by molar-refractivity contribution is 5.74. The summed E-state index contributed by atoms with van der Waals surface area (Å²) in [5.41, 5.74) is 0.363. The molecule has 3 rings (SSSR count). The van der Waals surface area contributed by atoms with Crippen LogP contribution < -0.4 is 5.32 Å². The minimum Gasteiger partial charge on any atom is -0.463 e. The Labute approximate surface area is 116 Å². The first-order valence-electron chi connectivity index (χ1n) is 6.43. The van der Waals surface area contributed by atoms with Crippen molar-refractivity contribution in [2.75, 3.05) is 11.9 Å². The topological polar surface area (TPSA) is 71.4 Å². The summed E-state index contributed by atoms with van der Waals surface area (Å²) in [6.45, 7) is 3.77. The van der Waals surface area contributed by atoms with Gasteiger partial charge in [0.25, 0.3) is 6.01 Å². The highest BCUT2D eigenvalue weighted by Gasteiger charge is 2.27. The second-order valence-corrected chi connectivity index (χ2v) is 5.02. The molecule has 0 saturated heterocycles. The zero-order valence-electron chi connectivity index (χ0n) is 11.4. The van der Waals surface area contributed by atoms with E-state index >= 15 is 0 Å². The van der Waals surface area contributed by atoms with E-state index in [-0.39, 0.29) is 6.54 Å². The van der Waals surface area contributed by atoms with E-state index in [2.05, 4.69) is 10.3 Å². The average molecular weight is 272 g/mol. The Kier molecular flexibility index (Phi) is 2.99. The van der Waals surface area contributed by atoms with Crippen LogP contribution in [0.4, 0.5) is 6.01 Å². The number of aromatic nitrogens is 1. The number of nitrogens with zero attached hydrogens (tertiary/aromatic N) is 1. The van der Waals surface area contributed by atoms with Crippen molar-refractivity contribution in [2.45, 2.75) is 19.4 Å². The number of oxazole rings is 1. The van der Waals surface area contributed by atoms with Crippen molar-refractivity contribution in [1.29, 1.82) is 0 Å². The van der Waals surface area contributed by atoms with Gasteiger partial charge in [-0.15, -0.1) is 0 Å². The van der Waals surface area contributed by atoms with Gasteiger partial charge < -0.3 is 19.3 Å². The molecule has 5 nitrogen and oxygen atoms in total. The normalized spacial score (nSPS) is 14.3. The van der Waals surface area contributed by atoms with Gasteiger partial charge in [0.15, 0.2) is 5.58 Å². The smallest absolute Gasteiger partial charge is 0.295 e. The number of furan rings is 1. The summed E-state index contributed by atoms with van der Waals surface area (Å²) < 4.78 is 11.0. The van der Waals surface area contributed by atoms with Crippen LogP contribution in [0.5, 0.6) is 0 Å². The van der Waals surface area contributed by atoms with Gasteiger partial charge in [0.05, 0.1) is 6.54 Å². The van der Waals surface area contributed by atoms with Gasteiger partial charge in [-0.1, -0.05) is 12.1 Å². The van der Waals surface area contributed by atoms with E-state index in [1.807, 2.05) is 37.3 Å². The van der Waals surface area contributed by atoms with Crippen molar-refractivity contribution in [3.63, 3.8) is 0 Å². The number of hydrogen-bond donors (Lipinski definition) is 2. The molecule has 1 aromatic carbocycles. The first-order chi connectivity index (χ1) is 9.54. The molecule has 2 heterocycles. The molecule has 5 heteroatoms. The van der Waals surface area contributed by atoms with Crippen LogP contribution in [0.15, 0.2) is 45.2 Å². The number of anilines is 1. The molecule has 0 amide bonds. The van der Waals surface area contributed by atoms with Crippen LogP contribution in [-0.4, -0.2) is 16.6 Å². The van der Waals surface area contributed by atoms with E-state index in [4.69, 9.17) is 8.83 Å². The lowest BCUT2D eigenvalue weighted by Crippen LogP contribution is -2.30. The summed E-state index contributed by atoms with van der Waals surface area (Å²) in [4.78, 5) is 4.30. The van der Waals surface area contributed by atoms with Crippen LogP contribution >= 0.6 is 0 Å². The van der Waals surface area contributed by atoms with E-state index in [9.17, 15) is 5.11 Å². The fourth-order valence-corrected chi connectivity index (χ4v) is 2.01. The molecule has 2 N–H and O–H groups in total. The lowest BCUT2D eigenvalue weighted by Gasteiger charge is -2.20. The Balaban J connectivity index is 1.75. The first kappa shape index (κ1) is 12.7. The molecule has 0 aliphatic rings. The number of rotatable bonds is 4. The average Bonchev–Trinajstić information content (AvgIpc) is 3.02. The van der Waals surface area contributed by atoms with Crippen LogP contribution in [0.1, 0.15) is 18.4 Å². The Hall–Kier alpha value is -2.27. The molecular weight excluding hydrogens is 256 g/mol. The van der Waals surface area contributed by atoms with Gasteiger partial charge in [-0.3, -0.25) is 0 Å². The summed E-state index contributed by atoms with van der Waals surface area (Å²) in [6, 6.07) is 11.5. The second-order valence-electron chi connectivity index (χ2n) is 5.02. The van der Waals surface area contributed by atoms with Gasteiger partial charge in [0, 0.05) is 0 Å². The Morgan fingerprint density at radius 2 is 2.00 bits per heavy atom. The van der Waals surface area contributed by atoms with E-state index in [0.29, 0.717) is 17.4 Å². The van der Waals surface area contributed by atoms with Crippen molar-refractivity contribution in [1.82, 2.24) is 4.98 Å². The molecule has 3 aromatic rings. The molecule has 104 valence electrons. The molecular formula is C15H16N2O3. The van der Waals surface area contributed by atoms with Crippen LogP contribution in [0.25, 0.3) is 11.1 Å². The van der Waals surface area contributed by atoms with E-state index < -0.39 is 5.60 Å². The quantitative estimate of drug-likeness (QED) is 0.763. The number of fused-ring (bicyclic) bond motifs is 1. The first-order valence-corrected chi connectivity index (χ1v) is 6.43. The lowest BCUT2D eigenvalue weighted by atomic mass is 10.0. The summed E-state index contributed by atoms with van der Waals surface area (Å²) in [5, 5.41) is 13.4. The van der Waals surface area contributed by atoms with E-state index in [1.54, 1.807) is 13.0 Å². The monoisotopic (exact) mass is 272 g/mol. The summed E-state index contributed by atoms with van der Waals surface area (Å²) in [5.74, 6) is 1.28. The molecule has 0 aliphatic heterocycles. The third kappa shape index (κ3) is 2.40. The van der Waals surface area contributed by atoms with Crippen molar-refractivity contribution in [3.8, 4) is 0 Å². The molecule has 0 spiro atoms. The van der Waals surface area contributed by atoms with Crippen LogP contribution in [0.2, 0.25) is 0 Å². The summed E-state index contributed by atoms with van der Waals surface area (Å²) in [7, 11) is 0. The van der Waals surface area contributed by atoms with Crippen molar-refractivity contribution in [3.05, 3.63) is 47.9 Å². The maximum absolute atomic E-state index is 10.4. The molecule has 0 aliphatic carbocycles. The largest absolute Gasteiger partial charge is 0.463 e. The van der Waals surface area contributed by atoms with E-state index in [1.165, 1.54) is 0 Å².